The fraction of sp³-hybridized carbons (Fsp3) is 0.357. The average molecular weight is 518 g/mol. The van der Waals surface area contributed by atoms with E-state index < -0.39 is 0 Å². The van der Waals surface area contributed by atoms with Crippen molar-refractivity contribution < 1.29 is 14.3 Å². The summed E-state index contributed by atoms with van der Waals surface area (Å²) in [5.41, 5.74) is 3.53. The van der Waals surface area contributed by atoms with Crippen molar-refractivity contribution in [3.8, 4) is 11.8 Å². The molecule has 0 radical (unpaired) electrons. The third-order valence-electron chi connectivity index (χ3n) is 6.39. The van der Waals surface area contributed by atoms with Gasteiger partial charge in [0.25, 0.3) is 0 Å². The van der Waals surface area contributed by atoms with Gasteiger partial charge in [0.2, 0.25) is 5.91 Å². The highest BCUT2D eigenvalue weighted by Crippen LogP contribution is 2.37. The first kappa shape index (κ1) is 26.2. The van der Waals surface area contributed by atoms with E-state index in [0.29, 0.717) is 43.2 Å². The van der Waals surface area contributed by atoms with Crippen molar-refractivity contribution in [2.75, 3.05) is 25.0 Å². The quantitative estimate of drug-likeness (QED) is 0.422. The molecule has 0 fully saturated rings. The average Bonchev–Trinajstić information content (AvgIpc) is 3.25. The fourth-order valence-electron chi connectivity index (χ4n) is 4.50. The summed E-state index contributed by atoms with van der Waals surface area (Å²) in [5.74, 6) is 0.586. The van der Waals surface area contributed by atoms with Gasteiger partial charge in [-0.25, -0.2) is 4.79 Å². The number of hydrogen-bond acceptors (Lipinski definition) is 6. The monoisotopic (exact) mass is 517 g/mol. The first-order valence-corrected chi connectivity index (χ1v) is 13.3. The van der Waals surface area contributed by atoms with Crippen LogP contribution in [0.3, 0.4) is 0 Å². The number of carbonyl (C=O) groups is 2. The van der Waals surface area contributed by atoms with E-state index in [1.54, 1.807) is 17.3 Å². The molecule has 3 aromatic rings. The number of ether oxygens (including phenoxy) is 1. The number of nitriles is 1. The van der Waals surface area contributed by atoms with Crippen LogP contribution < -0.4 is 15.4 Å². The molecule has 1 aliphatic rings. The molecular weight excluding hydrogens is 486 g/mol. The molecule has 4 rings (SSSR count). The lowest BCUT2D eigenvalue weighted by atomic mass is 9.96. The van der Waals surface area contributed by atoms with E-state index in [4.69, 9.17) is 4.74 Å². The largest absolute Gasteiger partial charge is 0.494 e. The van der Waals surface area contributed by atoms with Crippen molar-refractivity contribution in [1.29, 1.82) is 5.26 Å². The van der Waals surface area contributed by atoms with Crippen LogP contribution in [0.4, 0.5) is 9.80 Å². The Morgan fingerprint density at radius 1 is 1.24 bits per heavy atom. The molecule has 3 heterocycles. The maximum Gasteiger partial charge on any atom is 0.317 e. The standard InChI is InChI=1S/C28H31N5O3S/c1-3-36-24-7-5-4-6-21(24)19(2)16-26(34)32-27-23(17-29)22-11-15-33(18-25(22)37-27)28(35)31-14-10-20-8-12-30-13-9-20/h4-9,12-13,19H,3,10-11,14-16,18H2,1-2H3,(H,31,35)(H,32,34)/t19-/m0/s1. The van der Waals surface area contributed by atoms with Gasteiger partial charge in [0.1, 0.15) is 16.8 Å². The van der Waals surface area contributed by atoms with Gasteiger partial charge in [-0.15, -0.1) is 11.3 Å². The normalized spacial score (nSPS) is 13.3. The number of nitrogens with zero attached hydrogens (tertiary/aromatic N) is 3. The number of nitrogens with one attached hydrogen (secondary N) is 2. The molecule has 0 saturated heterocycles. The van der Waals surface area contributed by atoms with Crippen LogP contribution in [0.25, 0.3) is 0 Å². The van der Waals surface area contributed by atoms with Gasteiger partial charge in [-0.1, -0.05) is 25.1 Å². The lowest BCUT2D eigenvalue weighted by molar-refractivity contribution is -0.116. The summed E-state index contributed by atoms with van der Waals surface area (Å²) in [6.45, 7) is 5.96. The van der Waals surface area contributed by atoms with Gasteiger partial charge >= 0.3 is 6.03 Å². The van der Waals surface area contributed by atoms with Gasteiger partial charge in [-0.05, 0) is 60.6 Å². The molecule has 0 bridgehead atoms. The summed E-state index contributed by atoms with van der Waals surface area (Å²) in [7, 11) is 0. The summed E-state index contributed by atoms with van der Waals surface area (Å²) in [6, 6.07) is 13.8. The number of urea groups is 1. The molecule has 0 spiro atoms. The van der Waals surface area contributed by atoms with Crippen LogP contribution in [0.5, 0.6) is 5.75 Å². The Morgan fingerprint density at radius 3 is 2.78 bits per heavy atom. The van der Waals surface area contributed by atoms with E-state index in [-0.39, 0.29) is 24.3 Å². The predicted octanol–water partition coefficient (Wildman–Crippen LogP) is 4.86. The highest BCUT2D eigenvalue weighted by atomic mass is 32.1. The van der Waals surface area contributed by atoms with Crippen LogP contribution in [0.1, 0.15) is 53.3 Å². The molecule has 1 aromatic carbocycles. The highest BCUT2D eigenvalue weighted by Gasteiger charge is 2.28. The zero-order chi connectivity index (χ0) is 26.2. The lowest BCUT2D eigenvalue weighted by Crippen LogP contribution is -2.43. The maximum atomic E-state index is 12.9. The molecule has 0 unspecified atom stereocenters. The van der Waals surface area contributed by atoms with Crippen molar-refractivity contribution >= 4 is 28.3 Å². The van der Waals surface area contributed by atoms with Crippen LogP contribution in [-0.2, 0) is 24.2 Å². The molecule has 192 valence electrons. The number of anilines is 1. The minimum Gasteiger partial charge on any atom is -0.494 e. The molecule has 0 saturated carbocycles. The van der Waals surface area contributed by atoms with E-state index >= 15 is 0 Å². The Hall–Kier alpha value is -3.90. The lowest BCUT2D eigenvalue weighted by Gasteiger charge is -2.27. The topological polar surface area (TPSA) is 107 Å². The number of rotatable bonds is 9. The van der Waals surface area contributed by atoms with Crippen LogP contribution >= 0.6 is 11.3 Å². The number of pyridine rings is 1. The van der Waals surface area contributed by atoms with Crippen molar-refractivity contribution in [3.05, 3.63) is 75.9 Å². The second kappa shape index (κ2) is 12.4. The van der Waals surface area contributed by atoms with Gasteiger partial charge in [-0.2, -0.15) is 5.26 Å². The Labute approximate surface area is 221 Å². The Bertz CT molecular complexity index is 1280. The molecule has 0 aliphatic carbocycles. The van der Waals surface area contributed by atoms with Crippen molar-refractivity contribution in [2.24, 2.45) is 0 Å². The first-order valence-electron chi connectivity index (χ1n) is 12.5. The Kier molecular flexibility index (Phi) is 8.75. The van der Waals surface area contributed by atoms with Crippen LogP contribution in [-0.4, -0.2) is 41.5 Å². The number of aromatic nitrogens is 1. The van der Waals surface area contributed by atoms with E-state index in [1.807, 2.05) is 50.2 Å². The van der Waals surface area contributed by atoms with Gasteiger partial charge in [-0.3, -0.25) is 9.78 Å². The summed E-state index contributed by atoms with van der Waals surface area (Å²) < 4.78 is 5.71. The predicted molar refractivity (Wildman–Crippen MR) is 144 cm³/mol. The smallest absolute Gasteiger partial charge is 0.317 e. The first-order chi connectivity index (χ1) is 18.0. The number of amides is 3. The van der Waals surface area contributed by atoms with Gasteiger partial charge in [0.05, 0.1) is 18.7 Å². The molecule has 3 amide bonds. The van der Waals surface area contributed by atoms with Crippen LogP contribution in [0.15, 0.2) is 48.8 Å². The summed E-state index contributed by atoms with van der Waals surface area (Å²) in [4.78, 5) is 32.4. The number of benzene rings is 1. The van der Waals surface area contributed by atoms with E-state index in [9.17, 15) is 14.9 Å². The van der Waals surface area contributed by atoms with Gasteiger partial charge in [0, 0.05) is 36.8 Å². The minimum atomic E-state index is -0.153. The highest BCUT2D eigenvalue weighted by molar-refractivity contribution is 7.16. The zero-order valence-corrected chi connectivity index (χ0v) is 21.9. The molecule has 2 aromatic heterocycles. The van der Waals surface area contributed by atoms with Crippen LogP contribution in [0.2, 0.25) is 0 Å². The summed E-state index contributed by atoms with van der Waals surface area (Å²) >= 11 is 1.38. The third kappa shape index (κ3) is 6.46. The van der Waals surface area contributed by atoms with Crippen LogP contribution in [0, 0.1) is 11.3 Å². The summed E-state index contributed by atoms with van der Waals surface area (Å²) in [5, 5.41) is 16.3. The molecule has 1 atom stereocenters. The molecule has 37 heavy (non-hydrogen) atoms. The number of hydrogen-bond donors (Lipinski definition) is 2. The zero-order valence-electron chi connectivity index (χ0n) is 21.1. The Morgan fingerprint density at radius 2 is 2.03 bits per heavy atom. The van der Waals surface area contributed by atoms with Crippen molar-refractivity contribution in [1.82, 2.24) is 15.2 Å². The molecule has 1 aliphatic heterocycles. The van der Waals surface area contributed by atoms with Crippen molar-refractivity contribution in [3.63, 3.8) is 0 Å². The SMILES string of the molecule is CCOc1ccccc1[C@@H](C)CC(=O)Nc1sc2c(c1C#N)CCN(C(=O)NCCc1ccncc1)C2. The molecular formula is C28H31N5O3S. The molecule has 8 nitrogen and oxygen atoms in total. The third-order valence-corrected chi connectivity index (χ3v) is 7.52. The Balaban J connectivity index is 1.36. The van der Waals surface area contributed by atoms with Gasteiger partial charge < -0.3 is 20.3 Å². The van der Waals surface area contributed by atoms with Crippen molar-refractivity contribution in [2.45, 2.75) is 45.6 Å². The van der Waals surface area contributed by atoms with E-state index in [1.165, 1.54) is 11.3 Å². The van der Waals surface area contributed by atoms with E-state index in [2.05, 4.69) is 21.7 Å². The molecule has 2 N–H and O–H groups in total. The van der Waals surface area contributed by atoms with Gasteiger partial charge in [0.15, 0.2) is 0 Å². The number of thiophene rings is 1. The van der Waals surface area contributed by atoms with E-state index in [0.717, 1.165) is 33.7 Å². The summed E-state index contributed by atoms with van der Waals surface area (Å²) in [6.07, 6.45) is 5.06. The fourth-order valence-corrected chi connectivity index (χ4v) is 5.73. The second-order valence-electron chi connectivity index (χ2n) is 8.95. The maximum absolute atomic E-state index is 12.9. The molecule has 9 heteroatoms. The second-order valence-corrected chi connectivity index (χ2v) is 10.1. The number of carbonyl (C=O) groups excluding carboxylic acids is 2. The minimum absolute atomic E-state index is 0.0470. The number of para-hydroxylation sites is 1. The number of fused-ring (bicyclic) bond motifs is 1.